The maximum Gasteiger partial charge on any atom is 0.287 e. The number of nitrogens with zero attached hydrogens (tertiary/aromatic N) is 2. The van der Waals surface area contributed by atoms with Crippen molar-refractivity contribution in [3.05, 3.63) is 53.5 Å². The average Bonchev–Trinajstić information content (AvgIpc) is 3.36. The van der Waals surface area contributed by atoms with Crippen molar-refractivity contribution in [2.24, 2.45) is 0 Å². The van der Waals surface area contributed by atoms with Crippen LogP contribution in [0.2, 0.25) is 0 Å². The maximum atomic E-state index is 12.3. The average molecular weight is 353 g/mol. The molecule has 0 spiro atoms. The number of hydrogen-bond acceptors (Lipinski definition) is 4. The van der Waals surface area contributed by atoms with E-state index < -0.39 is 0 Å². The van der Waals surface area contributed by atoms with Crippen LogP contribution in [0.1, 0.15) is 47.0 Å². The minimum absolute atomic E-state index is 0.142. The smallest absolute Gasteiger partial charge is 0.287 e. The van der Waals surface area contributed by atoms with Crippen LogP contribution in [0.4, 0.5) is 5.69 Å². The molecule has 2 aliphatic rings. The van der Waals surface area contributed by atoms with Crippen LogP contribution in [-0.2, 0) is 6.42 Å². The summed E-state index contributed by atoms with van der Waals surface area (Å²) in [4.78, 5) is 17.1. The summed E-state index contributed by atoms with van der Waals surface area (Å²) in [5, 5.41) is 3.06. The molecule has 3 heterocycles. The molecule has 1 atom stereocenters. The van der Waals surface area contributed by atoms with Crippen LogP contribution in [0.5, 0.6) is 0 Å². The Hall–Kier alpha value is -2.27. The molecular weight excluding hydrogens is 326 g/mol. The topological polar surface area (TPSA) is 48.7 Å². The molecule has 0 unspecified atom stereocenters. The summed E-state index contributed by atoms with van der Waals surface area (Å²) in [5.41, 5.74) is 4.08. The Morgan fingerprint density at radius 2 is 2.04 bits per heavy atom. The van der Waals surface area contributed by atoms with Crippen molar-refractivity contribution in [1.29, 1.82) is 0 Å². The van der Waals surface area contributed by atoms with Crippen LogP contribution in [0.15, 0.2) is 41.0 Å². The first-order chi connectivity index (χ1) is 12.7. The fourth-order valence-corrected chi connectivity index (χ4v) is 4.21. The van der Waals surface area contributed by atoms with Gasteiger partial charge in [-0.05, 0) is 68.1 Å². The highest BCUT2D eigenvalue weighted by atomic mass is 16.3. The Labute approximate surface area is 155 Å². The summed E-state index contributed by atoms with van der Waals surface area (Å²) < 4.78 is 5.21. The molecule has 4 rings (SSSR count). The van der Waals surface area contributed by atoms with Gasteiger partial charge < -0.3 is 14.6 Å². The number of carbonyl (C=O) groups excluding carboxylic acids is 1. The number of carbonyl (C=O) groups is 1. The normalized spacial score (nSPS) is 18.6. The van der Waals surface area contributed by atoms with E-state index in [0.29, 0.717) is 12.3 Å². The quantitative estimate of drug-likeness (QED) is 0.897. The molecule has 26 heavy (non-hydrogen) atoms. The summed E-state index contributed by atoms with van der Waals surface area (Å²) in [6, 6.07) is 10.5. The fourth-order valence-electron chi connectivity index (χ4n) is 4.21. The highest BCUT2D eigenvalue weighted by Crippen LogP contribution is 2.31. The van der Waals surface area contributed by atoms with Gasteiger partial charge in [0, 0.05) is 25.8 Å². The molecule has 5 nitrogen and oxygen atoms in total. The van der Waals surface area contributed by atoms with Crippen LogP contribution < -0.4 is 10.2 Å². The molecule has 1 aromatic heterocycles. The van der Waals surface area contributed by atoms with Gasteiger partial charge in [0.25, 0.3) is 5.91 Å². The summed E-state index contributed by atoms with van der Waals surface area (Å²) in [6.07, 6.45) is 6.34. The Bertz CT molecular complexity index is 751. The van der Waals surface area contributed by atoms with Crippen molar-refractivity contribution in [2.45, 2.75) is 31.7 Å². The number of rotatable bonds is 5. The molecule has 0 aliphatic carbocycles. The van der Waals surface area contributed by atoms with E-state index in [0.717, 1.165) is 26.1 Å². The molecule has 0 saturated carbocycles. The number of benzene rings is 1. The van der Waals surface area contributed by atoms with Gasteiger partial charge in [0.1, 0.15) is 0 Å². The molecule has 138 valence electrons. The number of hydrogen-bond donors (Lipinski definition) is 1. The summed E-state index contributed by atoms with van der Waals surface area (Å²) in [7, 11) is 2.17. The van der Waals surface area contributed by atoms with Crippen LogP contribution in [0.3, 0.4) is 0 Å². The lowest BCUT2D eigenvalue weighted by Gasteiger charge is -2.31. The first-order valence-corrected chi connectivity index (χ1v) is 9.62. The molecule has 2 aromatic rings. The molecule has 1 saturated heterocycles. The number of amides is 1. The van der Waals surface area contributed by atoms with Gasteiger partial charge >= 0.3 is 0 Å². The number of likely N-dealkylation sites (tertiary alicyclic amines) is 1. The molecule has 2 aliphatic heterocycles. The molecule has 5 heteroatoms. The number of anilines is 1. The second-order valence-corrected chi connectivity index (χ2v) is 7.36. The molecule has 0 radical (unpaired) electrons. The Kier molecular flexibility index (Phi) is 4.98. The van der Waals surface area contributed by atoms with Crippen molar-refractivity contribution in [2.75, 3.05) is 38.1 Å². The molecule has 1 aromatic carbocycles. The van der Waals surface area contributed by atoms with Gasteiger partial charge in [-0.15, -0.1) is 0 Å². The number of fused-ring (bicyclic) bond motifs is 1. The highest BCUT2D eigenvalue weighted by Gasteiger charge is 2.26. The Balaban J connectivity index is 1.54. The van der Waals surface area contributed by atoms with E-state index in [-0.39, 0.29) is 11.9 Å². The molecule has 1 amide bonds. The lowest BCUT2D eigenvalue weighted by atomic mass is 9.96. The number of nitrogens with one attached hydrogen (secondary N) is 1. The second-order valence-electron chi connectivity index (χ2n) is 7.36. The van der Waals surface area contributed by atoms with Crippen molar-refractivity contribution in [1.82, 2.24) is 10.2 Å². The first kappa shape index (κ1) is 17.2. The third kappa shape index (κ3) is 3.49. The zero-order valence-electron chi connectivity index (χ0n) is 15.4. The first-order valence-electron chi connectivity index (χ1n) is 9.62. The van der Waals surface area contributed by atoms with Crippen molar-refractivity contribution >= 4 is 11.6 Å². The van der Waals surface area contributed by atoms with Gasteiger partial charge in [-0.1, -0.05) is 12.1 Å². The van der Waals surface area contributed by atoms with E-state index in [1.54, 1.807) is 12.1 Å². The van der Waals surface area contributed by atoms with Crippen molar-refractivity contribution in [3.63, 3.8) is 0 Å². The fraction of sp³-hybridized carbons (Fsp3) is 0.476. The second kappa shape index (κ2) is 7.54. The van der Waals surface area contributed by atoms with E-state index in [1.807, 2.05) is 0 Å². The monoisotopic (exact) mass is 353 g/mol. The van der Waals surface area contributed by atoms with Gasteiger partial charge in [-0.25, -0.2) is 0 Å². The molecule has 1 fully saturated rings. The van der Waals surface area contributed by atoms with Gasteiger partial charge in [-0.2, -0.15) is 0 Å². The van der Waals surface area contributed by atoms with Crippen LogP contribution >= 0.6 is 0 Å². The minimum Gasteiger partial charge on any atom is -0.459 e. The third-order valence-corrected chi connectivity index (χ3v) is 5.62. The third-order valence-electron chi connectivity index (χ3n) is 5.62. The van der Waals surface area contributed by atoms with Crippen molar-refractivity contribution in [3.8, 4) is 0 Å². The zero-order valence-corrected chi connectivity index (χ0v) is 15.4. The lowest BCUT2D eigenvalue weighted by Crippen LogP contribution is -2.37. The van der Waals surface area contributed by atoms with Crippen LogP contribution in [-0.4, -0.2) is 44.0 Å². The largest absolute Gasteiger partial charge is 0.459 e. The summed E-state index contributed by atoms with van der Waals surface area (Å²) in [6.45, 7) is 3.92. The van der Waals surface area contributed by atoms with E-state index in [4.69, 9.17) is 4.42 Å². The van der Waals surface area contributed by atoms with Gasteiger partial charge in [0.05, 0.1) is 12.3 Å². The number of aryl methyl sites for hydroxylation is 1. The van der Waals surface area contributed by atoms with Gasteiger partial charge in [0.2, 0.25) is 0 Å². The van der Waals surface area contributed by atoms with Crippen molar-refractivity contribution < 1.29 is 9.21 Å². The summed E-state index contributed by atoms with van der Waals surface area (Å²) >= 11 is 0. The predicted octanol–water partition coefficient (Wildman–Crippen LogP) is 3.23. The van der Waals surface area contributed by atoms with Crippen LogP contribution in [0.25, 0.3) is 0 Å². The van der Waals surface area contributed by atoms with E-state index in [9.17, 15) is 4.79 Å². The minimum atomic E-state index is -0.142. The summed E-state index contributed by atoms with van der Waals surface area (Å²) in [5.74, 6) is 0.231. The molecule has 1 N–H and O–H groups in total. The standard InChI is InChI=1S/C21H27N3O2/c1-23-10-4-6-16-14-17(8-9-18(16)23)19(24-11-2-3-12-24)15-22-21(25)20-7-5-13-26-20/h5,7-9,13-14,19H,2-4,6,10-12,15H2,1H3,(H,22,25)/t19-/m1/s1. The lowest BCUT2D eigenvalue weighted by molar-refractivity contribution is 0.0910. The zero-order chi connectivity index (χ0) is 17.9. The predicted molar refractivity (Wildman–Crippen MR) is 103 cm³/mol. The van der Waals surface area contributed by atoms with E-state index >= 15 is 0 Å². The molecular formula is C21H27N3O2. The van der Waals surface area contributed by atoms with Crippen LogP contribution in [0, 0.1) is 0 Å². The molecule has 0 bridgehead atoms. The van der Waals surface area contributed by atoms with E-state index in [1.165, 1.54) is 42.3 Å². The van der Waals surface area contributed by atoms with Gasteiger partial charge in [-0.3, -0.25) is 9.69 Å². The SMILES string of the molecule is CN1CCCc2cc([C@@H](CNC(=O)c3ccco3)N3CCCC3)ccc21. The van der Waals surface area contributed by atoms with E-state index in [2.05, 4.69) is 40.4 Å². The number of furan rings is 1. The van der Waals surface area contributed by atoms with Gasteiger partial charge in [0.15, 0.2) is 5.76 Å². The Morgan fingerprint density at radius 1 is 1.19 bits per heavy atom. The highest BCUT2D eigenvalue weighted by molar-refractivity contribution is 5.91. The maximum absolute atomic E-state index is 12.3. The Morgan fingerprint density at radius 3 is 2.81 bits per heavy atom.